The Kier molecular flexibility index (Phi) is 3.60. The molecule has 0 fully saturated rings. The van der Waals surface area contributed by atoms with Crippen molar-refractivity contribution in [3.05, 3.63) is 34.1 Å². The second-order valence-corrected chi connectivity index (χ2v) is 3.70. The van der Waals surface area contributed by atoms with Crippen molar-refractivity contribution in [2.24, 2.45) is 5.92 Å². The molecule has 0 atom stereocenters. The van der Waals surface area contributed by atoms with E-state index in [0.717, 1.165) is 12.1 Å². The van der Waals surface area contributed by atoms with Crippen LogP contribution in [-0.4, -0.2) is 11.5 Å². The number of hydrogen-bond acceptors (Lipinski definition) is 3. The van der Waals surface area contributed by atoms with Crippen molar-refractivity contribution < 1.29 is 9.31 Å². The molecular formula is C10H13FN2O2. The average Bonchev–Trinajstić information content (AvgIpc) is 2.16. The van der Waals surface area contributed by atoms with Crippen LogP contribution in [0.1, 0.15) is 13.8 Å². The van der Waals surface area contributed by atoms with Crippen LogP contribution in [0.3, 0.4) is 0 Å². The van der Waals surface area contributed by atoms with Gasteiger partial charge in [-0.05, 0) is 12.0 Å². The van der Waals surface area contributed by atoms with Crippen molar-refractivity contribution in [2.75, 3.05) is 11.9 Å². The van der Waals surface area contributed by atoms with Crippen LogP contribution in [0, 0.1) is 21.8 Å². The number of rotatable bonds is 4. The largest absolute Gasteiger partial charge is 0.382 e. The van der Waals surface area contributed by atoms with E-state index in [1.165, 1.54) is 6.07 Å². The molecular weight excluding hydrogens is 199 g/mol. The van der Waals surface area contributed by atoms with E-state index in [9.17, 15) is 14.5 Å². The van der Waals surface area contributed by atoms with Gasteiger partial charge in [0.1, 0.15) is 5.82 Å². The highest BCUT2D eigenvalue weighted by molar-refractivity contribution is 5.52. The lowest BCUT2D eigenvalue weighted by atomic mass is 10.2. The quantitative estimate of drug-likeness (QED) is 0.616. The van der Waals surface area contributed by atoms with Gasteiger partial charge < -0.3 is 5.32 Å². The summed E-state index contributed by atoms with van der Waals surface area (Å²) >= 11 is 0. The second kappa shape index (κ2) is 4.72. The minimum atomic E-state index is -0.542. The second-order valence-electron chi connectivity index (χ2n) is 3.70. The van der Waals surface area contributed by atoms with E-state index < -0.39 is 10.7 Å². The molecule has 0 bridgehead atoms. The Morgan fingerprint density at radius 2 is 2.20 bits per heavy atom. The van der Waals surface area contributed by atoms with Crippen molar-refractivity contribution >= 4 is 11.4 Å². The van der Waals surface area contributed by atoms with Gasteiger partial charge in [0.05, 0.1) is 10.6 Å². The Labute approximate surface area is 87.3 Å². The summed E-state index contributed by atoms with van der Waals surface area (Å²) in [5, 5.41) is 13.3. The van der Waals surface area contributed by atoms with Crippen molar-refractivity contribution in [1.29, 1.82) is 0 Å². The molecule has 5 heteroatoms. The Morgan fingerprint density at radius 1 is 1.53 bits per heavy atom. The highest BCUT2D eigenvalue weighted by Gasteiger charge is 2.10. The molecule has 0 amide bonds. The van der Waals surface area contributed by atoms with Crippen LogP contribution in [0.15, 0.2) is 18.2 Å². The molecule has 0 radical (unpaired) electrons. The number of nitrogens with one attached hydrogen (secondary N) is 1. The highest BCUT2D eigenvalue weighted by Crippen LogP contribution is 2.21. The zero-order chi connectivity index (χ0) is 11.4. The molecule has 0 spiro atoms. The number of non-ortho nitro benzene ring substituents is 1. The van der Waals surface area contributed by atoms with Crippen molar-refractivity contribution in [2.45, 2.75) is 13.8 Å². The maximum Gasteiger partial charge on any atom is 0.271 e. The lowest BCUT2D eigenvalue weighted by molar-refractivity contribution is -0.384. The summed E-state index contributed by atoms with van der Waals surface area (Å²) in [6.07, 6.45) is 0. The van der Waals surface area contributed by atoms with E-state index in [4.69, 9.17) is 0 Å². The minimum Gasteiger partial charge on any atom is -0.382 e. The summed E-state index contributed by atoms with van der Waals surface area (Å²) < 4.78 is 13.2. The Hall–Kier alpha value is -1.65. The van der Waals surface area contributed by atoms with Crippen LogP contribution >= 0.6 is 0 Å². The SMILES string of the molecule is CC(C)CNc1cc([N+](=O)[O-])ccc1F. The third-order valence-electron chi connectivity index (χ3n) is 1.86. The standard InChI is InChI=1S/C10H13FN2O2/c1-7(2)6-12-10-5-8(13(14)15)3-4-9(10)11/h3-5,7,12H,6H2,1-2H3. The van der Waals surface area contributed by atoms with Crippen LogP contribution in [0.5, 0.6) is 0 Å². The van der Waals surface area contributed by atoms with E-state index in [-0.39, 0.29) is 11.4 Å². The predicted molar refractivity (Wildman–Crippen MR) is 56.4 cm³/mol. The van der Waals surface area contributed by atoms with Gasteiger partial charge in [0, 0.05) is 18.7 Å². The van der Waals surface area contributed by atoms with Gasteiger partial charge >= 0.3 is 0 Å². The van der Waals surface area contributed by atoms with Gasteiger partial charge in [-0.15, -0.1) is 0 Å². The van der Waals surface area contributed by atoms with Crippen LogP contribution < -0.4 is 5.32 Å². The first-order valence-electron chi connectivity index (χ1n) is 4.68. The van der Waals surface area contributed by atoms with E-state index in [0.29, 0.717) is 12.5 Å². The molecule has 1 aromatic carbocycles. The fourth-order valence-electron chi connectivity index (χ4n) is 1.08. The van der Waals surface area contributed by atoms with Crippen LogP contribution in [0.25, 0.3) is 0 Å². The topological polar surface area (TPSA) is 55.2 Å². The zero-order valence-corrected chi connectivity index (χ0v) is 8.66. The molecule has 0 aromatic heterocycles. The molecule has 4 nitrogen and oxygen atoms in total. The van der Waals surface area contributed by atoms with Crippen molar-refractivity contribution in [3.63, 3.8) is 0 Å². The Balaban J connectivity index is 2.85. The third kappa shape index (κ3) is 3.19. The molecule has 0 aliphatic rings. The molecule has 1 aromatic rings. The first-order valence-corrected chi connectivity index (χ1v) is 4.68. The van der Waals surface area contributed by atoms with E-state index in [1.807, 2.05) is 13.8 Å². The van der Waals surface area contributed by atoms with Gasteiger partial charge in [-0.1, -0.05) is 13.8 Å². The van der Waals surface area contributed by atoms with Gasteiger partial charge in [-0.2, -0.15) is 0 Å². The molecule has 1 rings (SSSR count). The first kappa shape index (κ1) is 11.4. The fourth-order valence-corrected chi connectivity index (χ4v) is 1.08. The summed E-state index contributed by atoms with van der Waals surface area (Å²) in [6.45, 7) is 4.53. The first-order chi connectivity index (χ1) is 7.00. The fraction of sp³-hybridized carbons (Fsp3) is 0.400. The lowest BCUT2D eigenvalue weighted by Crippen LogP contribution is -2.09. The Bertz CT molecular complexity index is 366. The minimum absolute atomic E-state index is 0.109. The van der Waals surface area contributed by atoms with Crippen LogP contribution in [0.2, 0.25) is 0 Å². The number of nitro benzene ring substituents is 1. The smallest absolute Gasteiger partial charge is 0.271 e. The molecule has 82 valence electrons. The summed E-state index contributed by atoms with van der Waals surface area (Å²) in [5.74, 6) is -0.120. The molecule has 0 saturated heterocycles. The maximum absolute atomic E-state index is 13.2. The summed E-state index contributed by atoms with van der Waals surface area (Å²) in [7, 11) is 0. The number of hydrogen-bond donors (Lipinski definition) is 1. The van der Waals surface area contributed by atoms with Crippen molar-refractivity contribution in [3.8, 4) is 0 Å². The maximum atomic E-state index is 13.2. The van der Waals surface area contributed by atoms with E-state index >= 15 is 0 Å². The van der Waals surface area contributed by atoms with Gasteiger partial charge in [-0.3, -0.25) is 10.1 Å². The molecule has 0 heterocycles. The molecule has 1 N–H and O–H groups in total. The zero-order valence-electron chi connectivity index (χ0n) is 8.66. The monoisotopic (exact) mass is 212 g/mol. The number of nitro groups is 1. The third-order valence-corrected chi connectivity index (χ3v) is 1.86. The van der Waals surface area contributed by atoms with E-state index in [1.54, 1.807) is 0 Å². The number of benzene rings is 1. The van der Waals surface area contributed by atoms with E-state index in [2.05, 4.69) is 5.32 Å². The lowest BCUT2D eigenvalue weighted by Gasteiger charge is -2.09. The summed E-state index contributed by atoms with van der Waals surface area (Å²) in [4.78, 5) is 9.92. The summed E-state index contributed by atoms with van der Waals surface area (Å²) in [6, 6.07) is 3.45. The normalized spacial score (nSPS) is 10.4. The molecule has 0 aliphatic carbocycles. The van der Waals surface area contributed by atoms with Crippen LogP contribution in [0.4, 0.5) is 15.8 Å². The predicted octanol–water partition coefficient (Wildman–Crippen LogP) is 2.80. The van der Waals surface area contributed by atoms with Gasteiger partial charge in [0.25, 0.3) is 5.69 Å². The molecule has 0 aliphatic heterocycles. The van der Waals surface area contributed by atoms with Crippen LogP contribution in [-0.2, 0) is 0 Å². The number of halogens is 1. The van der Waals surface area contributed by atoms with Gasteiger partial charge in [-0.25, -0.2) is 4.39 Å². The van der Waals surface area contributed by atoms with Crippen molar-refractivity contribution in [1.82, 2.24) is 0 Å². The number of anilines is 1. The van der Waals surface area contributed by atoms with Gasteiger partial charge in [0.15, 0.2) is 0 Å². The molecule has 0 unspecified atom stereocenters. The molecule has 0 saturated carbocycles. The Morgan fingerprint density at radius 3 is 2.73 bits per heavy atom. The highest BCUT2D eigenvalue weighted by atomic mass is 19.1. The summed E-state index contributed by atoms with van der Waals surface area (Å²) in [5.41, 5.74) is 0.0700. The number of nitrogens with zero attached hydrogens (tertiary/aromatic N) is 1. The average molecular weight is 212 g/mol. The molecule has 15 heavy (non-hydrogen) atoms. The van der Waals surface area contributed by atoms with Gasteiger partial charge in [0.2, 0.25) is 0 Å².